The number of para-hydroxylation sites is 1. The topological polar surface area (TPSA) is 91.3 Å². The Morgan fingerprint density at radius 1 is 1.07 bits per heavy atom. The number of halogens is 1. The highest BCUT2D eigenvalue weighted by molar-refractivity contribution is 14.1. The molecule has 7 heteroatoms. The molecule has 0 aliphatic carbocycles. The molecule has 27 heavy (non-hydrogen) atoms. The SMILES string of the molecule is O=C(N[C@@H](CO)C(=O)NCc1cccc(I)c1)c1ccc2ccccc2n1. The molecular weight excluding hydrogens is 457 g/mol. The van der Waals surface area contributed by atoms with Crippen molar-refractivity contribution in [3.63, 3.8) is 0 Å². The summed E-state index contributed by atoms with van der Waals surface area (Å²) in [5.74, 6) is -0.963. The van der Waals surface area contributed by atoms with Crippen LogP contribution in [0.4, 0.5) is 0 Å². The quantitative estimate of drug-likeness (QED) is 0.477. The fraction of sp³-hybridized carbons (Fsp3) is 0.150. The molecule has 2 aromatic carbocycles. The molecule has 0 unspecified atom stereocenters. The van der Waals surface area contributed by atoms with E-state index in [1.807, 2.05) is 48.5 Å². The third-order valence-corrected chi connectivity index (χ3v) is 4.66. The lowest BCUT2D eigenvalue weighted by molar-refractivity contribution is -0.124. The summed E-state index contributed by atoms with van der Waals surface area (Å²) in [6, 6.07) is 17.5. The first-order chi connectivity index (χ1) is 13.1. The predicted molar refractivity (Wildman–Crippen MR) is 111 cm³/mol. The van der Waals surface area contributed by atoms with Gasteiger partial charge in [0.1, 0.15) is 11.7 Å². The first kappa shape index (κ1) is 19.2. The molecule has 138 valence electrons. The standard InChI is InChI=1S/C20H18IN3O3/c21-15-6-3-4-13(10-15)11-22-19(26)18(12-25)24-20(27)17-9-8-14-5-1-2-7-16(14)23-17/h1-10,18,25H,11-12H2,(H,22,26)(H,24,27)/t18-/m0/s1. The van der Waals surface area contributed by atoms with Crippen LogP contribution < -0.4 is 10.6 Å². The molecule has 1 heterocycles. The molecule has 1 aromatic heterocycles. The third kappa shape index (κ3) is 5.01. The molecule has 3 aromatic rings. The fourth-order valence-electron chi connectivity index (χ4n) is 2.58. The zero-order valence-electron chi connectivity index (χ0n) is 14.4. The Morgan fingerprint density at radius 2 is 1.89 bits per heavy atom. The van der Waals surface area contributed by atoms with Crippen LogP contribution in [0, 0.1) is 3.57 Å². The first-order valence-corrected chi connectivity index (χ1v) is 9.44. The minimum absolute atomic E-state index is 0.192. The lowest BCUT2D eigenvalue weighted by atomic mass is 10.2. The number of rotatable bonds is 6. The van der Waals surface area contributed by atoms with Crippen LogP contribution in [0.1, 0.15) is 16.1 Å². The maximum absolute atomic E-state index is 12.4. The molecule has 0 spiro atoms. The van der Waals surface area contributed by atoms with Gasteiger partial charge in [-0.3, -0.25) is 9.59 Å². The van der Waals surface area contributed by atoms with Crippen molar-refractivity contribution in [3.8, 4) is 0 Å². The van der Waals surface area contributed by atoms with Crippen molar-refractivity contribution in [2.24, 2.45) is 0 Å². The summed E-state index contributed by atoms with van der Waals surface area (Å²) >= 11 is 2.19. The Bertz CT molecular complexity index is 977. The molecule has 3 N–H and O–H groups in total. The second-order valence-electron chi connectivity index (χ2n) is 5.95. The highest BCUT2D eigenvalue weighted by Gasteiger charge is 2.21. The second-order valence-corrected chi connectivity index (χ2v) is 7.19. The van der Waals surface area contributed by atoms with Crippen LogP contribution in [0.3, 0.4) is 0 Å². The molecule has 2 amide bonds. The number of benzene rings is 2. The molecule has 0 saturated carbocycles. The number of nitrogens with zero attached hydrogens (tertiary/aromatic N) is 1. The summed E-state index contributed by atoms with van der Waals surface area (Å²) < 4.78 is 1.06. The van der Waals surface area contributed by atoms with E-state index in [2.05, 4.69) is 38.2 Å². The van der Waals surface area contributed by atoms with E-state index in [1.54, 1.807) is 12.1 Å². The Kier molecular flexibility index (Phi) is 6.36. The highest BCUT2D eigenvalue weighted by atomic mass is 127. The molecule has 0 radical (unpaired) electrons. The maximum Gasteiger partial charge on any atom is 0.270 e. The van der Waals surface area contributed by atoms with E-state index >= 15 is 0 Å². The minimum atomic E-state index is -1.05. The smallest absolute Gasteiger partial charge is 0.270 e. The average molecular weight is 475 g/mol. The van der Waals surface area contributed by atoms with Gasteiger partial charge in [0.05, 0.1) is 12.1 Å². The van der Waals surface area contributed by atoms with Crippen molar-refractivity contribution in [1.29, 1.82) is 0 Å². The molecule has 0 saturated heterocycles. The molecule has 3 rings (SSSR count). The molecular formula is C20H18IN3O3. The van der Waals surface area contributed by atoms with E-state index in [1.165, 1.54) is 0 Å². The van der Waals surface area contributed by atoms with Gasteiger partial charge in [0.15, 0.2) is 0 Å². The first-order valence-electron chi connectivity index (χ1n) is 8.36. The Labute approximate surface area is 170 Å². The van der Waals surface area contributed by atoms with Crippen LogP contribution in [-0.2, 0) is 11.3 Å². The number of fused-ring (bicyclic) bond motifs is 1. The number of carbonyl (C=O) groups excluding carboxylic acids is 2. The largest absolute Gasteiger partial charge is 0.394 e. The van der Waals surface area contributed by atoms with Gasteiger partial charge in [-0.15, -0.1) is 0 Å². The second kappa shape index (κ2) is 8.92. The Balaban J connectivity index is 1.64. The van der Waals surface area contributed by atoms with Gasteiger partial charge in [0, 0.05) is 15.5 Å². The average Bonchev–Trinajstić information content (AvgIpc) is 2.69. The van der Waals surface area contributed by atoms with Gasteiger partial charge >= 0.3 is 0 Å². The van der Waals surface area contributed by atoms with Gasteiger partial charge in [-0.25, -0.2) is 4.98 Å². The Hall–Kier alpha value is -2.52. The van der Waals surface area contributed by atoms with Crippen molar-refractivity contribution in [2.45, 2.75) is 12.6 Å². The van der Waals surface area contributed by atoms with Crippen molar-refractivity contribution >= 4 is 45.3 Å². The third-order valence-electron chi connectivity index (χ3n) is 3.99. The summed E-state index contributed by atoms with van der Waals surface area (Å²) in [6.07, 6.45) is 0. The van der Waals surface area contributed by atoms with Gasteiger partial charge in [0.2, 0.25) is 5.91 Å². The number of aromatic nitrogens is 1. The van der Waals surface area contributed by atoms with Gasteiger partial charge in [0.25, 0.3) is 5.91 Å². The van der Waals surface area contributed by atoms with Crippen LogP contribution in [0.2, 0.25) is 0 Å². The summed E-state index contributed by atoms with van der Waals surface area (Å²) in [5, 5.41) is 15.7. The fourth-order valence-corrected chi connectivity index (χ4v) is 3.19. The Morgan fingerprint density at radius 3 is 2.67 bits per heavy atom. The number of hydrogen-bond donors (Lipinski definition) is 3. The van der Waals surface area contributed by atoms with Crippen LogP contribution in [0.25, 0.3) is 10.9 Å². The van der Waals surface area contributed by atoms with Crippen molar-refractivity contribution in [3.05, 3.63) is 75.5 Å². The number of amides is 2. The van der Waals surface area contributed by atoms with E-state index in [0.717, 1.165) is 14.5 Å². The zero-order chi connectivity index (χ0) is 19.2. The zero-order valence-corrected chi connectivity index (χ0v) is 16.5. The molecule has 0 bridgehead atoms. The summed E-state index contributed by atoms with van der Waals surface area (Å²) in [5.41, 5.74) is 1.82. The molecule has 0 fully saturated rings. The van der Waals surface area contributed by atoms with E-state index in [9.17, 15) is 14.7 Å². The van der Waals surface area contributed by atoms with Crippen molar-refractivity contribution in [1.82, 2.24) is 15.6 Å². The van der Waals surface area contributed by atoms with Crippen molar-refractivity contribution < 1.29 is 14.7 Å². The van der Waals surface area contributed by atoms with Gasteiger partial charge in [-0.1, -0.05) is 36.4 Å². The van der Waals surface area contributed by atoms with Crippen LogP contribution in [0.15, 0.2) is 60.7 Å². The summed E-state index contributed by atoms with van der Waals surface area (Å²) in [7, 11) is 0. The van der Waals surface area contributed by atoms with Crippen LogP contribution in [-0.4, -0.2) is 34.6 Å². The van der Waals surface area contributed by atoms with E-state index in [0.29, 0.717) is 12.1 Å². The number of aliphatic hydroxyl groups is 1. The van der Waals surface area contributed by atoms with Gasteiger partial charge < -0.3 is 15.7 Å². The number of nitrogens with one attached hydrogen (secondary N) is 2. The number of aliphatic hydroxyl groups excluding tert-OH is 1. The molecule has 1 atom stereocenters. The normalized spacial score (nSPS) is 11.8. The van der Waals surface area contributed by atoms with Crippen LogP contribution in [0.5, 0.6) is 0 Å². The predicted octanol–water partition coefficient (Wildman–Crippen LogP) is 2.25. The van der Waals surface area contributed by atoms with Gasteiger partial charge in [-0.2, -0.15) is 0 Å². The van der Waals surface area contributed by atoms with E-state index < -0.39 is 24.5 Å². The lowest BCUT2D eigenvalue weighted by Crippen LogP contribution is -2.48. The minimum Gasteiger partial charge on any atom is -0.394 e. The summed E-state index contributed by atoms with van der Waals surface area (Å²) in [4.78, 5) is 29.0. The lowest BCUT2D eigenvalue weighted by Gasteiger charge is -2.16. The molecule has 0 aliphatic heterocycles. The van der Waals surface area contributed by atoms with Gasteiger partial charge in [-0.05, 0) is 52.4 Å². The van der Waals surface area contributed by atoms with E-state index in [4.69, 9.17) is 0 Å². The highest BCUT2D eigenvalue weighted by Crippen LogP contribution is 2.12. The maximum atomic E-state index is 12.4. The van der Waals surface area contributed by atoms with Crippen molar-refractivity contribution in [2.75, 3.05) is 6.61 Å². The van der Waals surface area contributed by atoms with Crippen LogP contribution >= 0.6 is 22.6 Å². The van der Waals surface area contributed by atoms with E-state index in [-0.39, 0.29) is 5.69 Å². The number of hydrogen-bond acceptors (Lipinski definition) is 4. The number of pyridine rings is 1. The monoisotopic (exact) mass is 475 g/mol. The molecule has 6 nitrogen and oxygen atoms in total. The number of carbonyl (C=O) groups is 2. The summed E-state index contributed by atoms with van der Waals surface area (Å²) in [6.45, 7) is -0.187. The molecule has 0 aliphatic rings.